The molecule has 1 aliphatic rings. The number of methoxy groups -OCH3 is 1. The second kappa shape index (κ2) is 3.57. The molecule has 0 aliphatic carbocycles. The molecule has 0 saturated carbocycles. The zero-order chi connectivity index (χ0) is 8.27. The lowest BCUT2D eigenvalue weighted by Crippen LogP contribution is -2.17. The number of carbonyl (C=O) groups excluding carboxylic acids is 1. The third-order valence-corrected chi connectivity index (χ3v) is 1.67. The van der Waals surface area contributed by atoms with Crippen LogP contribution in [0.5, 0.6) is 0 Å². The van der Waals surface area contributed by atoms with Gasteiger partial charge in [0.2, 0.25) is 0 Å². The van der Waals surface area contributed by atoms with Crippen LogP contribution in [0.15, 0.2) is 5.16 Å². The van der Waals surface area contributed by atoms with Crippen molar-refractivity contribution in [3.8, 4) is 0 Å². The van der Waals surface area contributed by atoms with Crippen molar-refractivity contribution in [3.63, 3.8) is 0 Å². The molecule has 0 bridgehead atoms. The highest BCUT2D eigenvalue weighted by atomic mass is 35.5. The van der Waals surface area contributed by atoms with Crippen LogP contribution >= 0.6 is 11.6 Å². The summed E-state index contributed by atoms with van der Waals surface area (Å²) in [5.41, 5.74) is 0.304. The Hall–Kier alpha value is -0.770. The number of halogens is 1. The highest BCUT2D eigenvalue weighted by molar-refractivity contribution is 6.36. The first kappa shape index (κ1) is 8.33. The fourth-order valence-corrected chi connectivity index (χ4v) is 0.915. The Morgan fingerprint density at radius 1 is 2.00 bits per heavy atom. The Labute approximate surface area is 69.1 Å². The fraction of sp³-hybridized carbons (Fsp3) is 0.667. The van der Waals surface area contributed by atoms with E-state index < -0.39 is 5.97 Å². The molecule has 0 unspecified atom stereocenters. The average molecular weight is 178 g/mol. The summed E-state index contributed by atoms with van der Waals surface area (Å²) < 4.78 is 4.43. The summed E-state index contributed by atoms with van der Waals surface area (Å²) in [6.45, 7) is 0. The van der Waals surface area contributed by atoms with E-state index in [-0.39, 0.29) is 6.10 Å². The second-order valence-electron chi connectivity index (χ2n) is 2.12. The molecule has 0 radical (unpaired) electrons. The highest BCUT2D eigenvalue weighted by Gasteiger charge is 2.25. The summed E-state index contributed by atoms with van der Waals surface area (Å²) >= 11 is 5.47. The van der Waals surface area contributed by atoms with E-state index in [0.717, 1.165) is 0 Å². The first-order valence-electron chi connectivity index (χ1n) is 3.15. The zero-order valence-corrected chi connectivity index (χ0v) is 6.80. The van der Waals surface area contributed by atoms with Crippen LogP contribution in [0.4, 0.5) is 0 Å². The van der Waals surface area contributed by atoms with Crippen LogP contribution < -0.4 is 0 Å². The molecule has 62 valence electrons. The van der Waals surface area contributed by atoms with Gasteiger partial charge >= 0.3 is 5.97 Å². The molecule has 11 heavy (non-hydrogen) atoms. The smallest absolute Gasteiger partial charge is 0.355 e. The predicted octanol–water partition coefficient (Wildman–Crippen LogP) is 0.543. The van der Waals surface area contributed by atoms with Crippen LogP contribution in [0.3, 0.4) is 0 Å². The van der Waals surface area contributed by atoms with Crippen molar-refractivity contribution >= 4 is 23.3 Å². The van der Waals surface area contributed by atoms with E-state index in [2.05, 4.69) is 9.89 Å². The normalized spacial score (nSPS) is 22.4. The monoisotopic (exact) mass is 177 g/mol. The van der Waals surface area contributed by atoms with Crippen molar-refractivity contribution in [1.82, 2.24) is 0 Å². The van der Waals surface area contributed by atoms with Crippen LogP contribution in [0.25, 0.3) is 0 Å². The quantitative estimate of drug-likeness (QED) is 0.457. The molecule has 1 aliphatic heterocycles. The lowest BCUT2D eigenvalue weighted by atomic mass is 10.2. The van der Waals surface area contributed by atoms with E-state index in [9.17, 15) is 4.79 Å². The minimum atomic E-state index is -0.447. The van der Waals surface area contributed by atoms with Crippen molar-refractivity contribution < 1.29 is 14.4 Å². The Kier molecular flexibility index (Phi) is 2.70. The first-order valence-corrected chi connectivity index (χ1v) is 3.68. The van der Waals surface area contributed by atoms with Gasteiger partial charge in [0.25, 0.3) is 0 Å². The van der Waals surface area contributed by atoms with Gasteiger partial charge in [0.05, 0.1) is 13.0 Å². The largest absolute Gasteiger partial charge is 0.464 e. The van der Waals surface area contributed by atoms with E-state index in [1.807, 2.05) is 0 Å². The predicted molar refractivity (Wildman–Crippen MR) is 39.7 cm³/mol. The Balaban J connectivity index is 2.45. The average Bonchev–Trinajstić information content (AvgIpc) is 2.50. The van der Waals surface area contributed by atoms with Crippen LogP contribution in [0.1, 0.15) is 6.42 Å². The molecule has 0 fully saturated rings. The Morgan fingerprint density at radius 2 is 2.73 bits per heavy atom. The molecular formula is C6H8ClNO3. The van der Waals surface area contributed by atoms with Crippen LogP contribution in [0, 0.1) is 0 Å². The van der Waals surface area contributed by atoms with Gasteiger partial charge in [-0.15, -0.1) is 11.6 Å². The molecule has 0 saturated heterocycles. The van der Waals surface area contributed by atoms with Crippen molar-refractivity contribution in [2.45, 2.75) is 12.5 Å². The number of ether oxygens (including phenoxy) is 1. The number of esters is 1. The number of hydrogen-bond acceptors (Lipinski definition) is 4. The van der Waals surface area contributed by atoms with Gasteiger partial charge in [-0.3, -0.25) is 0 Å². The topological polar surface area (TPSA) is 47.9 Å². The van der Waals surface area contributed by atoms with Crippen molar-refractivity contribution in [2.24, 2.45) is 5.16 Å². The fourth-order valence-electron chi connectivity index (χ4n) is 0.749. The van der Waals surface area contributed by atoms with E-state index in [1.165, 1.54) is 7.11 Å². The maximum atomic E-state index is 10.8. The van der Waals surface area contributed by atoms with Gasteiger partial charge in [0.15, 0.2) is 5.71 Å². The minimum Gasteiger partial charge on any atom is -0.464 e. The van der Waals surface area contributed by atoms with Crippen molar-refractivity contribution in [3.05, 3.63) is 0 Å². The van der Waals surface area contributed by atoms with Crippen LogP contribution in [0.2, 0.25) is 0 Å². The molecule has 0 N–H and O–H groups in total. The molecule has 1 rings (SSSR count). The number of rotatable bonds is 2. The Bertz CT molecular complexity index is 192. The van der Waals surface area contributed by atoms with Gasteiger partial charge in [-0.2, -0.15) is 0 Å². The minimum absolute atomic E-state index is 0.175. The number of oxime groups is 1. The zero-order valence-electron chi connectivity index (χ0n) is 6.04. The molecule has 1 heterocycles. The second-order valence-corrected chi connectivity index (χ2v) is 2.42. The molecule has 0 spiro atoms. The molecule has 0 aromatic heterocycles. The van der Waals surface area contributed by atoms with Crippen molar-refractivity contribution in [1.29, 1.82) is 0 Å². The van der Waals surface area contributed by atoms with E-state index in [4.69, 9.17) is 16.4 Å². The van der Waals surface area contributed by atoms with Gasteiger partial charge in [0.1, 0.15) is 6.10 Å². The third-order valence-electron chi connectivity index (χ3n) is 1.33. The van der Waals surface area contributed by atoms with Gasteiger partial charge < -0.3 is 9.57 Å². The van der Waals surface area contributed by atoms with E-state index in [1.54, 1.807) is 0 Å². The summed E-state index contributed by atoms with van der Waals surface area (Å²) in [5.74, 6) is -0.109. The van der Waals surface area contributed by atoms with Crippen LogP contribution in [-0.4, -0.2) is 30.8 Å². The molecule has 5 heteroatoms. The molecule has 0 aromatic rings. The van der Waals surface area contributed by atoms with Gasteiger partial charge in [-0.05, 0) is 0 Å². The molecular weight excluding hydrogens is 170 g/mol. The lowest BCUT2D eigenvalue weighted by molar-refractivity contribution is -0.132. The van der Waals surface area contributed by atoms with Gasteiger partial charge in [-0.1, -0.05) is 5.16 Å². The Morgan fingerprint density at radius 3 is 3.18 bits per heavy atom. The SMILES string of the molecule is COC(=O)C1=NO[C@H](CCl)C1. The number of hydrogen-bond donors (Lipinski definition) is 0. The van der Waals surface area contributed by atoms with Gasteiger partial charge in [-0.25, -0.2) is 4.79 Å². The molecule has 0 amide bonds. The highest BCUT2D eigenvalue weighted by Crippen LogP contribution is 2.12. The van der Waals surface area contributed by atoms with Gasteiger partial charge in [0, 0.05) is 6.42 Å². The van der Waals surface area contributed by atoms with E-state index in [0.29, 0.717) is 18.0 Å². The number of carbonyl (C=O) groups is 1. The maximum absolute atomic E-state index is 10.8. The summed E-state index contributed by atoms with van der Waals surface area (Å²) in [6.07, 6.45) is 0.265. The first-order chi connectivity index (χ1) is 5.27. The maximum Gasteiger partial charge on any atom is 0.355 e. The molecule has 0 aromatic carbocycles. The summed E-state index contributed by atoms with van der Waals surface area (Å²) in [7, 11) is 1.30. The number of nitrogens with zero attached hydrogens (tertiary/aromatic N) is 1. The third kappa shape index (κ3) is 1.83. The standard InChI is InChI=1S/C6H8ClNO3/c1-10-6(9)5-2-4(3-7)11-8-5/h4H,2-3H2,1H3/t4-/m0/s1. The molecule has 1 atom stereocenters. The summed E-state index contributed by atoms with van der Waals surface area (Å²) in [5, 5.41) is 3.52. The number of alkyl halides is 1. The van der Waals surface area contributed by atoms with E-state index >= 15 is 0 Å². The summed E-state index contributed by atoms with van der Waals surface area (Å²) in [6, 6.07) is 0. The van der Waals surface area contributed by atoms with Crippen molar-refractivity contribution in [2.75, 3.05) is 13.0 Å². The van der Waals surface area contributed by atoms with Crippen LogP contribution in [-0.2, 0) is 14.4 Å². The summed E-state index contributed by atoms with van der Waals surface area (Å²) in [4.78, 5) is 15.6. The molecule has 4 nitrogen and oxygen atoms in total. The lowest BCUT2D eigenvalue weighted by Gasteiger charge is -1.99.